The van der Waals surface area contributed by atoms with Gasteiger partial charge in [-0.3, -0.25) is 9.20 Å². The second-order valence-electron chi connectivity index (χ2n) is 6.99. The van der Waals surface area contributed by atoms with E-state index in [1.54, 1.807) is 0 Å². The SMILES string of the molecule is CCc1nc2c(C)cc(Br)cn2c1C(=O)Nc1ccc(N2CCCC2)cc1. The van der Waals surface area contributed by atoms with Gasteiger partial charge in [0.15, 0.2) is 0 Å². The number of anilines is 2. The summed E-state index contributed by atoms with van der Waals surface area (Å²) in [6.45, 7) is 6.25. The molecule has 0 radical (unpaired) electrons. The second kappa shape index (κ2) is 7.35. The highest BCUT2D eigenvalue weighted by molar-refractivity contribution is 9.10. The fourth-order valence-corrected chi connectivity index (χ4v) is 4.27. The maximum absolute atomic E-state index is 13.0. The van der Waals surface area contributed by atoms with E-state index < -0.39 is 0 Å². The number of carbonyl (C=O) groups is 1. The van der Waals surface area contributed by atoms with Gasteiger partial charge in [0.1, 0.15) is 11.3 Å². The van der Waals surface area contributed by atoms with Crippen LogP contribution in [-0.4, -0.2) is 28.4 Å². The van der Waals surface area contributed by atoms with Crippen LogP contribution in [0, 0.1) is 6.92 Å². The monoisotopic (exact) mass is 426 g/mol. The minimum atomic E-state index is -0.134. The van der Waals surface area contributed by atoms with Crippen LogP contribution in [0.3, 0.4) is 0 Å². The molecule has 1 aliphatic heterocycles. The number of hydrogen-bond donors (Lipinski definition) is 1. The summed E-state index contributed by atoms with van der Waals surface area (Å²) in [5, 5.41) is 3.03. The summed E-state index contributed by atoms with van der Waals surface area (Å²) in [5.74, 6) is -0.134. The molecule has 0 bridgehead atoms. The van der Waals surface area contributed by atoms with Crippen molar-refractivity contribution < 1.29 is 4.79 Å². The molecule has 3 heterocycles. The van der Waals surface area contributed by atoms with Gasteiger partial charge in [-0.05, 0) is 78.0 Å². The largest absolute Gasteiger partial charge is 0.372 e. The molecular weight excluding hydrogens is 404 g/mol. The van der Waals surface area contributed by atoms with Crippen molar-refractivity contribution in [2.45, 2.75) is 33.1 Å². The molecule has 0 saturated carbocycles. The number of halogens is 1. The summed E-state index contributed by atoms with van der Waals surface area (Å²) >= 11 is 3.52. The third-order valence-electron chi connectivity index (χ3n) is 5.09. The molecule has 1 saturated heterocycles. The summed E-state index contributed by atoms with van der Waals surface area (Å²) in [6, 6.07) is 10.1. The number of aromatic nitrogens is 2. The zero-order chi connectivity index (χ0) is 19.0. The van der Waals surface area contributed by atoms with E-state index in [0.29, 0.717) is 12.1 Å². The summed E-state index contributed by atoms with van der Waals surface area (Å²) in [4.78, 5) is 20.1. The molecule has 0 atom stereocenters. The maximum Gasteiger partial charge on any atom is 0.274 e. The van der Waals surface area contributed by atoms with Gasteiger partial charge in [-0.1, -0.05) is 6.92 Å². The predicted molar refractivity (Wildman–Crippen MR) is 113 cm³/mol. The first kappa shape index (κ1) is 18.0. The van der Waals surface area contributed by atoms with Crippen molar-refractivity contribution in [3.8, 4) is 0 Å². The number of benzene rings is 1. The van der Waals surface area contributed by atoms with Crippen LogP contribution in [0.2, 0.25) is 0 Å². The molecule has 2 aromatic heterocycles. The lowest BCUT2D eigenvalue weighted by Crippen LogP contribution is -2.18. The van der Waals surface area contributed by atoms with Gasteiger partial charge in [0.25, 0.3) is 5.91 Å². The van der Waals surface area contributed by atoms with Crippen molar-refractivity contribution in [1.29, 1.82) is 0 Å². The van der Waals surface area contributed by atoms with Crippen molar-refractivity contribution in [3.05, 3.63) is 58.0 Å². The van der Waals surface area contributed by atoms with Crippen molar-refractivity contribution in [2.24, 2.45) is 0 Å². The molecule has 3 aromatic rings. The predicted octanol–water partition coefficient (Wildman–Crippen LogP) is 4.82. The molecule has 4 rings (SSSR count). The standard InChI is InChI=1S/C21H23BrN4O/c1-3-18-19(26-13-15(22)12-14(2)20(26)24-18)21(27)23-16-6-8-17(9-7-16)25-10-4-5-11-25/h6-9,12-13H,3-5,10-11H2,1-2H3,(H,23,27). The van der Waals surface area contributed by atoms with E-state index in [0.717, 1.165) is 40.2 Å². The van der Waals surface area contributed by atoms with Gasteiger partial charge in [0, 0.05) is 35.1 Å². The first-order chi connectivity index (χ1) is 13.1. The fraction of sp³-hybridized carbons (Fsp3) is 0.333. The van der Waals surface area contributed by atoms with Gasteiger partial charge >= 0.3 is 0 Å². The lowest BCUT2D eigenvalue weighted by molar-refractivity contribution is 0.102. The number of fused-ring (bicyclic) bond motifs is 1. The maximum atomic E-state index is 13.0. The molecule has 6 heteroatoms. The highest BCUT2D eigenvalue weighted by atomic mass is 79.9. The fourth-order valence-electron chi connectivity index (χ4n) is 3.72. The average Bonchev–Trinajstić information content (AvgIpc) is 3.30. The van der Waals surface area contributed by atoms with Crippen LogP contribution in [0.25, 0.3) is 5.65 Å². The molecule has 1 aromatic carbocycles. The number of imidazole rings is 1. The molecule has 1 N–H and O–H groups in total. The molecule has 27 heavy (non-hydrogen) atoms. The van der Waals surface area contributed by atoms with Gasteiger partial charge in [-0.25, -0.2) is 4.98 Å². The summed E-state index contributed by atoms with van der Waals surface area (Å²) in [6.07, 6.45) is 5.11. The van der Waals surface area contributed by atoms with Crippen LogP contribution in [0.15, 0.2) is 41.0 Å². The third-order valence-corrected chi connectivity index (χ3v) is 5.52. The Hall–Kier alpha value is -2.34. The summed E-state index contributed by atoms with van der Waals surface area (Å²) < 4.78 is 2.81. The number of nitrogens with zero attached hydrogens (tertiary/aromatic N) is 3. The normalized spacial score (nSPS) is 14.1. The highest BCUT2D eigenvalue weighted by Crippen LogP contribution is 2.24. The summed E-state index contributed by atoms with van der Waals surface area (Å²) in [5.41, 5.74) is 5.28. The Morgan fingerprint density at radius 3 is 2.59 bits per heavy atom. The van der Waals surface area contributed by atoms with Crippen LogP contribution in [-0.2, 0) is 6.42 Å². The molecule has 140 valence electrons. The molecule has 1 aliphatic rings. The van der Waals surface area contributed by atoms with E-state index in [4.69, 9.17) is 0 Å². The van der Waals surface area contributed by atoms with Crippen molar-refractivity contribution >= 4 is 38.9 Å². The quantitative estimate of drug-likeness (QED) is 0.650. The number of pyridine rings is 1. The highest BCUT2D eigenvalue weighted by Gasteiger charge is 2.20. The topological polar surface area (TPSA) is 49.6 Å². The minimum absolute atomic E-state index is 0.134. The lowest BCUT2D eigenvalue weighted by atomic mass is 10.2. The van der Waals surface area contributed by atoms with Gasteiger partial charge in [-0.15, -0.1) is 0 Å². The zero-order valence-corrected chi connectivity index (χ0v) is 17.2. The van der Waals surface area contributed by atoms with Gasteiger partial charge < -0.3 is 10.2 Å². The molecule has 1 amide bonds. The van der Waals surface area contributed by atoms with E-state index in [9.17, 15) is 4.79 Å². The van der Waals surface area contributed by atoms with Gasteiger partial charge in [0.05, 0.1) is 5.69 Å². The van der Waals surface area contributed by atoms with E-state index in [1.807, 2.05) is 42.6 Å². The van der Waals surface area contributed by atoms with E-state index in [2.05, 4.69) is 43.3 Å². The molecule has 0 unspecified atom stereocenters. The Bertz CT molecular complexity index is 988. The number of aryl methyl sites for hydroxylation is 2. The van der Waals surface area contributed by atoms with Gasteiger partial charge in [-0.2, -0.15) is 0 Å². The van der Waals surface area contributed by atoms with Crippen molar-refractivity contribution in [2.75, 3.05) is 23.3 Å². The molecule has 0 aliphatic carbocycles. The summed E-state index contributed by atoms with van der Waals surface area (Å²) in [7, 11) is 0. The van der Waals surface area contributed by atoms with Crippen molar-refractivity contribution in [1.82, 2.24) is 9.38 Å². The number of hydrogen-bond acceptors (Lipinski definition) is 3. The molecular formula is C21H23BrN4O. The molecule has 5 nitrogen and oxygen atoms in total. The van der Waals surface area contributed by atoms with Gasteiger partial charge in [0.2, 0.25) is 0 Å². The number of amides is 1. The molecule has 1 fully saturated rings. The van der Waals surface area contributed by atoms with E-state index in [1.165, 1.54) is 18.5 Å². The lowest BCUT2D eigenvalue weighted by Gasteiger charge is -2.17. The zero-order valence-electron chi connectivity index (χ0n) is 15.6. The van der Waals surface area contributed by atoms with Crippen molar-refractivity contribution in [3.63, 3.8) is 0 Å². The van der Waals surface area contributed by atoms with Crippen LogP contribution < -0.4 is 10.2 Å². The van der Waals surface area contributed by atoms with Crippen LogP contribution in [0.1, 0.15) is 41.5 Å². The number of rotatable bonds is 4. The van der Waals surface area contributed by atoms with Crippen LogP contribution in [0.5, 0.6) is 0 Å². The second-order valence-corrected chi connectivity index (χ2v) is 7.91. The Balaban J connectivity index is 1.63. The Kier molecular flexibility index (Phi) is 4.91. The Morgan fingerprint density at radius 2 is 1.93 bits per heavy atom. The Labute approximate surface area is 167 Å². The third kappa shape index (κ3) is 3.46. The average molecular weight is 427 g/mol. The minimum Gasteiger partial charge on any atom is -0.372 e. The van der Waals surface area contributed by atoms with E-state index in [-0.39, 0.29) is 5.91 Å². The Morgan fingerprint density at radius 1 is 1.22 bits per heavy atom. The smallest absolute Gasteiger partial charge is 0.274 e. The van der Waals surface area contributed by atoms with Crippen LogP contribution in [0.4, 0.5) is 11.4 Å². The molecule has 0 spiro atoms. The number of carbonyl (C=O) groups excluding carboxylic acids is 1. The first-order valence-corrected chi connectivity index (χ1v) is 10.2. The van der Waals surface area contributed by atoms with E-state index >= 15 is 0 Å². The first-order valence-electron chi connectivity index (χ1n) is 9.40. The van der Waals surface area contributed by atoms with Crippen LogP contribution >= 0.6 is 15.9 Å². The number of nitrogens with one attached hydrogen (secondary N) is 1.